The van der Waals surface area contributed by atoms with Crippen molar-refractivity contribution < 1.29 is 4.74 Å². The number of H-pyrrole nitrogens is 1. The van der Waals surface area contributed by atoms with Crippen LogP contribution in [0.5, 0.6) is 0 Å². The standard InChI is InChI=1S/C21H25N6O/c1-14(2)28-10-4-8-23-13-17-11-15-5-3-9-24-21(15)27(17)16-6-7-19-18(12-16)20(22)26-25-19/h3,6-7,9,11-12,14,23H,4,8,10,13H2,1-2H3,(H3,22,25,26). The first-order chi connectivity index (χ1) is 13.6. The molecule has 1 radical (unpaired) electrons. The number of aromatic amines is 1. The molecule has 7 heteroatoms. The van der Waals surface area contributed by atoms with Crippen LogP contribution in [0.15, 0.2) is 36.5 Å². The van der Waals surface area contributed by atoms with Crippen molar-refractivity contribution in [1.82, 2.24) is 25.1 Å². The minimum absolute atomic E-state index is 0.273. The zero-order valence-electron chi connectivity index (χ0n) is 16.2. The molecule has 4 rings (SSSR count). The molecule has 3 aromatic heterocycles. The predicted molar refractivity (Wildman–Crippen MR) is 111 cm³/mol. The number of nitrogens with one attached hydrogen (secondary N) is 2. The van der Waals surface area contributed by atoms with Gasteiger partial charge in [0.2, 0.25) is 0 Å². The number of pyridine rings is 1. The van der Waals surface area contributed by atoms with E-state index in [-0.39, 0.29) is 6.10 Å². The third-order valence-corrected chi connectivity index (χ3v) is 4.65. The van der Waals surface area contributed by atoms with E-state index >= 15 is 0 Å². The lowest BCUT2D eigenvalue weighted by Crippen LogP contribution is -2.19. The first-order valence-electron chi connectivity index (χ1n) is 9.57. The maximum atomic E-state index is 6.00. The predicted octanol–water partition coefficient (Wildman–Crippen LogP) is 3.19. The van der Waals surface area contributed by atoms with Gasteiger partial charge in [-0.05, 0) is 63.2 Å². The average Bonchev–Trinajstić information content (AvgIpc) is 3.24. The van der Waals surface area contributed by atoms with Crippen LogP contribution in [-0.2, 0) is 11.3 Å². The fourth-order valence-electron chi connectivity index (χ4n) is 3.33. The average molecular weight is 377 g/mol. The van der Waals surface area contributed by atoms with Gasteiger partial charge in [0.05, 0.1) is 11.6 Å². The monoisotopic (exact) mass is 377 g/mol. The Morgan fingerprint density at radius 2 is 2.21 bits per heavy atom. The van der Waals surface area contributed by atoms with Crippen molar-refractivity contribution in [2.24, 2.45) is 0 Å². The van der Waals surface area contributed by atoms with E-state index in [1.807, 2.05) is 24.3 Å². The van der Waals surface area contributed by atoms with Crippen molar-refractivity contribution in [3.8, 4) is 5.69 Å². The van der Waals surface area contributed by atoms with Gasteiger partial charge in [-0.1, -0.05) is 0 Å². The number of benzene rings is 1. The number of anilines is 1. The summed E-state index contributed by atoms with van der Waals surface area (Å²) in [6.45, 7) is 6.49. The van der Waals surface area contributed by atoms with Crippen molar-refractivity contribution in [1.29, 1.82) is 0 Å². The Kier molecular flexibility index (Phi) is 5.27. The van der Waals surface area contributed by atoms with Crippen LogP contribution in [0.3, 0.4) is 0 Å². The van der Waals surface area contributed by atoms with E-state index in [9.17, 15) is 0 Å². The van der Waals surface area contributed by atoms with Gasteiger partial charge < -0.3 is 15.8 Å². The van der Waals surface area contributed by atoms with E-state index in [4.69, 9.17) is 10.5 Å². The van der Waals surface area contributed by atoms with Crippen LogP contribution in [0.25, 0.3) is 27.6 Å². The molecule has 3 heterocycles. The zero-order chi connectivity index (χ0) is 19.5. The quantitative estimate of drug-likeness (QED) is 0.410. The smallest absolute Gasteiger partial charge is 0.153 e. The van der Waals surface area contributed by atoms with Gasteiger partial charge in [-0.3, -0.25) is 9.67 Å². The number of hydrogen-bond acceptors (Lipinski definition) is 5. The fourth-order valence-corrected chi connectivity index (χ4v) is 3.33. The molecule has 145 valence electrons. The Hall–Kier alpha value is -2.90. The molecule has 0 aliphatic rings. The molecule has 0 unspecified atom stereocenters. The summed E-state index contributed by atoms with van der Waals surface area (Å²) < 4.78 is 7.75. The lowest BCUT2D eigenvalue weighted by atomic mass is 10.2. The Labute approximate surface area is 163 Å². The molecular weight excluding hydrogens is 352 g/mol. The van der Waals surface area contributed by atoms with Gasteiger partial charge in [-0.15, -0.1) is 0 Å². The van der Waals surface area contributed by atoms with Crippen LogP contribution in [0.1, 0.15) is 26.0 Å². The highest BCUT2D eigenvalue weighted by Crippen LogP contribution is 2.26. The fraction of sp³-hybridized carbons (Fsp3) is 0.333. The minimum Gasteiger partial charge on any atom is -0.382 e. The van der Waals surface area contributed by atoms with Crippen LogP contribution in [0.4, 0.5) is 5.82 Å². The number of fused-ring (bicyclic) bond motifs is 2. The highest BCUT2D eigenvalue weighted by atomic mass is 16.5. The lowest BCUT2D eigenvalue weighted by molar-refractivity contribution is 0.0770. The van der Waals surface area contributed by atoms with Crippen molar-refractivity contribution in [2.45, 2.75) is 32.9 Å². The normalized spacial score (nSPS) is 11.8. The molecule has 0 amide bonds. The number of ether oxygens (including phenoxy) is 1. The van der Waals surface area contributed by atoms with Crippen molar-refractivity contribution >= 4 is 27.8 Å². The molecule has 0 saturated heterocycles. The summed E-state index contributed by atoms with van der Waals surface area (Å²) >= 11 is 0. The number of aromatic nitrogens is 4. The van der Waals surface area contributed by atoms with Crippen LogP contribution in [0.2, 0.25) is 0 Å². The third kappa shape index (κ3) is 3.72. The molecule has 0 bridgehead atoms. The third-order valence-electron chi connectivity index (χ3n) is 4.65. The Bertz CT molecular complexity index is 1080. The summed E-state index contributed by atoms with van der Waals surface area (Å²) in [5.74, 6) is 0.498. The number of nitrogens with two attached hydrogens (primary N) is 1. The molecule has 28 heavy (non-hydrogen) atoms. The minimum atomic E-state index is 0.273. The van der Waals surface area contributed by atoms with E-state index in [1.54, 1.807) is 6.20 Å². The molecule has 4 N–H and O–H groups in total. The summed E-state index contributed by atoms with van der Waals surface area (Å²) in [7, 11) is 0. The number of nitrogen functional groups attached to an aromatic ring is 1. The molecule has 1 aromatic carbocycles. The first-order valence-corrected chi connectivity index (χ1v) is 9.57. The van der Waals surface area contributed by atoms with Crippen LogP contribution >= 0.6 is 0 Å². The van der Waals surface area contributed by atoms with E-state index in [1.165, 1.54) is 0 Å². The second kappa shape index (κ2) is 8.00. The Morgan fingerprint density at radius 1 is 1.32 bits per heavy atom. The Balaban J connectivity index is 1.60. The first kappa shape index (κ1) is 18.5. The molecule has 7 nitrogen and oxygen atoms in total. The van der Waals surface area contributed by atoms with Gasteiger partial charge >= 0.3 is 0 Å². The summed E-state index contributed by atoms with van der Waals surface area (Å²) in [5.41, 5.74) is 9.92. The molecule has 0 fully saturated rings. The Morgan fingerprint density at radius 3 is 3.07 bits per heavy atom. The zero-order valence-corrected chi connectivity index (χ0v) is 16.2. The van der Waals surface area contributed by atoms with Crippen LogP contribution in [-0.4, -0.2) is 39.0 Å². The van der Waals surface area contributed by atoms with Crippen molar-refractivity contribution in [3.63, 3.8) is 0 Å². The van der Waals surface area contributed by atoms with Crippen molar-refractivity contribution in [3.05, 3.63) is 48.3 Å². The van der Waals surface area contributed by atoms with Gasteiger partial charge in [0, 0.05) is 41.5 Å². The SMILES string of the molecule is CC(C)OCCCNCc1cc2[c]ccnc2n1-c1ccc2[nH]nc(N)c2c1. The summed E-state index contributed by atoms with van der Waals surface area (Å²) in [5, 5.41) is 12.4. The van der Waals surface area contributed by atoms with Gasteiger partial charge in [0.1, 0.15) is 5.65 Å². The number of rotatable bonds is 8. The largest absolute Gasteiger partial charge is 0.382 e. The lowest BCUT2D eigenvalue weighted by Gasteiger charge is -2.12. The maximum absolute atomic E-state index is 6.00. The number of hydrogen-bond donors (Lipinski definition) is 3. The second-order valence-corrected chi connectivity index (χ2v) is 7.09. The van der Waals surface area contributed by atoms with E-state index in [0.717, 1.165) is 59.4 Å². The molecule has 0 atom stereocenters. The molecule has 0 aliphatic carbocycles. The topological polar surface area (TPSA) is 93.8 Å². The molecule has 0 saturated carbocycles. The van der Waals surface area contributed by atoms with Crippen molar-refractivity contribution in [2.75, 3.05) is 18.9 Å². The maximum Gasteiger partial charge on any atom is 0.153 e. The van der Waals surface area contributed by atoms with E-state index in [2.05, 4.69) is 51.0 Å². The number of nitrogens with zero attached hydrogens (tertiary/aromatic N) is 3. The summed E-state index contributed by atoms with van der Waals surface area (Å²) in [6, 6.07) is 13.3. The van der Waals surface area contributed by atoms with Gasteiger partial charge in [0.15, 0.2) is 5.82 Å². The second-order valence-electron chi connectivity index (χ2n) is 7.09. The van der Waals surface area contributed by atoms with Crippen LogP contribution < -0.4 is 11.1 Å². The van der Waals surface area contributed by atoms with Gasteiger partial charge in [-0.2, -0.15) is 5.10 Å². The van der Waals surface area contributed by atoms with Crippen LogP contribution in [0, 0.1) is 6.07 Å². The van der Waals surface area contributed by atoms with E-state index < -0.39 is 0 Å². The molecule has 4 aromatic rings. The molecule has 0 aliphatic heterocycles. The van der Waals surface area contributed by atoms with Gasteiger partial charge in [-0.25, -0.2) is 4.98 Å². The summed E-state index contributed by atoms with van der Waals surface area (Å²) in [4.78, 5) is 4.57. The van der Waals surface area contributed by atoms with E-state index in [0.29, 0.717) is 5.82 Å². The molecule has 0 spiro atoms. The van der Waals surface area contributed by atoms with Gasteiger partial charge in [0.25, 0.3) is 0 Å². The summed E-state index contributed by atoms with van der Waals surface area (Å²) in [6.07, 6.45) is 3.01. The highest BCUT2D eigenvalue weighted by Gasteiger charge is 2.13. The molecular formula is C21H25N6O. The highest BCUT2D eigenvalue weighted by molar-refractivity contribution is 5.91.